The Balaban J connectivity index is 2.33. The molecule has 0 saturated carbocycles. The molecule has 0 spiro atoms. The van der Waals surface area contributed by atoms with Gasteiger partial charge in [0.15, 0.2) is 0 Å². The van der Waals surface area contributed by atoms with E-state index in [2.05, 4.69) is 16.0 Å². The summed E-state index contributed by atoms with van der Waals surface area (Å²) in [7, 11) is 1.46. The Bertz CT molecular complexity index is 315. The van der Waals surface area contributed by atoms with Crippen molar-refractivity contribution in [2.75, 3.05) is 33.4 Å². The maximum Gasteiger partial charge on any atom is 0.246 e. The Morgan fingerprint density at radius 3 is 2.70 bits per heavy atom. The third-order valence-corrected chi connectivity index (χ3v) is 3.56. The van der Waals surface area contributed by atoms with Crippen molar-refractivity contribution in [2.45, 2.75) is 32.7 Å². The van der Waals surface area contributed by atoms with Crippen LogP contribution in [-0.4, -0.2) is 51.2 Å². The van der Waals surface area contributed by atoms with Crippen LogP contribution in [0.5, 0.6) is 0 Å². The monoisotopic (exact) mass is 285 g/mol. The summed E-state index contributed by atoms with van der Waals surface area (Å²) in [5.74, 6) is 0.316. The fraction of sp³-hybridized carbons (Fsp3) is 0.857. The molecule has 1 saturated heterocycles. The molecule has 1 heterocycles. The topological polar surface area (TPSA) is 79.5 Å². The van der Waals surface area contributed by atoms with Crippen molar-refractivity contribution in [3.05, 3.63) is 0 Å². The highest BCUT2D eigenvalue weighted by Crippen LogP contribution is 2.11. The van der Waals surface area contributed by atoms with Crippen LogP contribution in [0.3, 0.4) is 0 Å². The van der Waals surface area contributed by atoms with Gasteiger partial charge in [0.1, 0.15) is 12.6 Å². The molecule has 0 aliphatic carbocycles. The van der Waals surface area contributed by atoms with Gasteiger partial charge in [-0.15, -0.1) is 0 Å². The van der Waals surface area contributed by atoms with Crippen LogP contribution in [0.15, 0.2) is 0 Å². The average Bonchev–Trinajstić information content (AvgIpc) is 2.89. The van der Waals surface area contributed by atoms with Crippen LogP contribution in [0.2, 0.25) is 0 Å². The lowest BCUT2D eigenvalue weighted by Gasteiger charge is -2.22. The summed E-state index contributed by atoms with van der Waals surface area (Å²) >= 11 is 0. The third-order valence-electron chi connectivity index (χ3n) is 3.56. The van der Waals surface area contributed by atoms with E-state index in [1.54, 1.807) is 0 Å². The van der Waals surface area contributed by atoms with Crippen LogP contribution in [0.4, 0.5) is 0 Å². The van der Waals surface area contributed by atoms with E-state index >= 15 is 0 Å². The number of hydrogen-bond donors (Lipinski definition) is 3. The number of methoxy groups -OCH3 is 1. The maximum atomic E-state index is 12.1. The second-order valence-corrected chi connectivity index (χ2v) is 5.66. The van der Waals surface area contributed by atoms with Crippen LogP contribution < -0.4 is 16.0 Å². The number of nitrogens with one attached hydrogen (secondary N) is 3. The highest BCUT2D eigenvalue weighted by molar-refractivity contribution is 5.88. The molecule has 0 aromatic rings. The summed E-state index contributed by atoms with van der Waals surface area (Å²) < 4.78 is 4.76. The Morgan fingerprint density at radius 1 is 1.40 bits per heavy atom. The van der Waals surface area contributed by atoms with Crippen molar-refractivity contribution in [1.82, 2.24) is 16.0 Å². The quantitative estimate of drug-likeness (QED) is 0.581. The molecule has 1 fully saturated rings. The fourth-order valence-electron chi connectivity index (χ4n) is 2.35. The van der Waals surface area contributed by atoms with Crippen LogP contribution in [0, 0.1) is 11.8 Å². The summed E-state index contributed by atoms with van der Waals surface area (Å²) in [6.45, 7) is 6.57. The van der Waals surface area contributed by atoms with Gasteiger partial charge >= 0.3 is 0 Å². The molecule has 2 atom stereocenters. The molecule has 0 bridgehead atoms. The van der Waals surface area contributed by atoms with E-state index in [1.165, 1.54) is 13.5 Å². The second kappa shape index (κ2) is 8.92. The minimum Gasteiger partial charge on any atom is -0.375 e. The molecule has 2 amide bonds. The lowest BCUT2D eigenvalue weighted by Crippen LogP contribution is -2.50. The first-order valence-electron chi connectivity index (χ1n) is 7.31. The van der Waals surface area contributed by atoms with Crippen molar-refractivity contribution in [3.8, 4) is 0 Å². The van der Waals surface area contributed by atoms with Gasteiger partial charge in [0.05, 0.1) is 0 Å². The molecule has 0 radical (unpaired) electrons. The van der Waals surface area contributed by atoms with Gasteiger partial charge in [0.2, 0.25) is 11.8 Å². The molecule has 3 N–H and O–H groups in total. The second-order valence-electron chi connectivity index (χ2n) is 5.66. The summed E-state index contributed by atoms with van der Waals surface area (Å²) in [5, 5.41) is 8.93. The average molecular weight is 285 g/mol. The number of carbonyl (C=O) groups is 2. The summed E-state index contributed by atoms with van der Waals surface area (Å²) in [4.78, 5) is 23.6. The van der Waals surface area contributed by atoms with E-state index < -0.39 is 6.04 Å². The van der Waals surface area contributed by atoms with Crippen molar-refractivity contribution in [3.63, 3.8) is 0 Å². The lowest BCUT2D eigenvalue weighted by molar-refractivity contribution is -0.131. The highest BCUT2D eigenvalue weighted by atomic mass is 16.5. The standard InChI is InChI=1S/C14H27N3O3/c1-10(2)13(17-12(18)9-20-3)14(19)16-7-5-11-4-6-15-8-11/h10-11,13,15H,4-9H2,1-3H3,(H,16,19)(H,17,18)/t11?,13-/m0/s1. The van der Waals surface area contributed by atoms with Gasteiger partial charge in [0.25, 0.3) is 0 Å². The van der Waals surface area contributed by atoms with Gasteiger partial charge in [-0.25, -0.2) is 0 Å². The first kappa shape index (κ1) is 16.9. The zero-order valence-electron chi connectivity index (χ0n) is 12.7. The fourth-order valence-corrected chi connectivity index (χ4v) is 2.35. The largest absolute Gasteiger partial charge is 0.375 e. The van der Waals surface area contributed by atoms with Crippen molar-refractivity contribution >= 4 is 11.8 Å². The summed E-state index contributed by atoms with van der Waals surface area (Å²) in [6.07, 6.45) is 2.16. The lowest BCUT2D eigenvalue weighted by atomic mass is 10.0. The Labute approximate surface area is 121 Å². The molecule has 1 aliphatic heterocycles. The zero-order chi connectivity index (χ0) is 15.0. The molecule has 1 rings (SSSR count). The van der Waals surface area contributed by atoms with Gasteiger partial charge in [-0.05, 0) is 37.8 Å². The Kier molecular flexibility index (Phi) is 7.54. The van der Waals surface area contributed by atoms with Crippen LogP contribution in [0.1, 0.15) is 26.7 Å². The normalized spacial score (nSPS) is 19.9. The van der Waals surface area contributed by atoms with E-state index in [4.69, 9.17) is 4.74 Å². The van der Waals surface area contributed by atoms with Crippen LogP contribution in [-0.2, 0) is 14.3 Å². The molecule has 0 aromatic heterocycles. The predicted molar refractivity (Wildman–Crippen MR) is 77.2 cm³/mol. The molecular weight excluding hydrogens is 258 g/mol. The first-order valence-corrected chi connectivity index (χ1v) is 7.31. The molecular formula is C14H27N3O3. The number of amides is 2. The number of hydrogen-bond acceptors (Lipinski definition) is 4. The van der Waals surface area contributed by atoms with Crippen molar-refractivity contribution in [2.24, 2.45) is 11.8 Å². The van der Waals surface area contributed by atoms with Gasteiger partial charge < -0.3 is 20.7 Å². The SMILES string of the molecule is COCC(=O)N[C@H](C(=O)NCCC1CCNC1)C(C)C. The third kappa shape index (κ3) is 5.88. The number of rotatable bonds is 8. The summed E-state index contributed by atoms with van der Waals surface area (Å²) in [5.41, 5.74) is 0. The molecule has 6 nitrogen and oxygen atoms in total. The van der Waals surface area contributed by atoms with Gasteiger partial charge in [-0.1, -0.05) is 13.8 Å². The first-order chi connectivity index (χ1) is 9.54. The Morgan fingerprint density at radius 2 is 2.15 bits per heavy atom. The van der Waals surface area contributed by atoms with E-state index in [0.29, 0.717) is 12.5 Å². The van der Waals surface area contributed by atoms with E-state index in [9.17, 15) is 9.59 Å². The molecule has 0 aromatic carbocycles. The summed E-state index contributed by atoms with van der Waals surface area (Å²) in [6, 6.07) is -0.501. The molecule has 116 valence electrons. The Hall–Kier alpha value is -1.14. The number of carbonyl (C=O) groups excluding carboxylic acids is 2. The van der Waals surface area contributed by atoms with Gasteiger partial charge in [-0.2, -0.15) is 0 Å². The van der Waals surface area contributed by atoms with E-state index in [-0.39, 0.29) is 24.3 Å². The van der Waals surface area contributed by atoms with E-state index in [1.807, 2.05) is 13.8 Å². The minimum absolute atomic E-state index is 0.0236. The zero-order valence-corrected chi connectivity index (χ0v) is 12.7. The molecule has 6 heteroatoms. The molecule has 20 heavy (non-hydrogen) atoms. The molecule has 1 aliphatic rings. The van der Waals surface area contributed by atoms with Crippen LogP contribution >= 0.6 is 0 Å². The van der Waals surface area contributed by atoms with Gasteiger partial charge in [-0.3, -0.25) is 9.59 Å². The van der Waals surface area contributed by atoms with Gasteiger partial charge in [0, 0.05) is 13.7 Å². The van der Waals surface area contributed by atoms with Crippen LogP contribution in [0.25, 0.3) is 0 Å². The van der Waals surface area contributed by atoms with E-state index in [0.717, 1.165) is 19.5 Å². The minimum atomic E-state index is -0.501. The predicted octanol–water partition coefficient (Wildman–Crippen LogP) is -0.111. The maximum absolute atomic E-state index is 12.1. The highest BCUT2D eigenvalue weighted by Gasteiger charge is 2.24. The molecule has 1 unspecified atom stereocenters. The van der Waals surface area contributed by atoms with Crippen molar-refractivity contribution < 1.29 is 14.3 Å². The van der Waals surface area contributed by atoms with Crippen molar-refractivity contribution in [1.29, 1.82) is 0 Å². The smallest absolute Gasteiger partial charge is 0.246 e. The number of ether oxygens (including phenoxy) is 1.